The van der Waals surface area contributed by atoms with Gasteiger partial charge < -0.3 is 9.47 Å². The van der Waals surface area contributed by atoms with Crippen LogP contribution in [-0.4, -0.2) is 12.6 Å². The molecule has 1 aliphatic rings. The van der Waals surface area contributed by atoms with Crippen LogP contribution in [0, 0.1) is 0 Å². The molecule has 0 amide bonds. The third-order valence-corrected chi connectivity index (χ3v) is 2.84. The fourth-order valence-electron chi connectivity index (χ4n) is 1.75. The Bertz CT molecular complexity index is 536. The molecule has 1 aliphatic carbocycles. The number of benzene rings is 1. The summed E-state index contributed by atoms with van der Waals surface area (Å²) in [6, 6.07) is 7.57. The molecule has 3 heteroatoms. The van der Waals surface area contributed by atoms with Gasteiger partial charge in [0.2, 0.25) is 6.79 Å². The van der Waals surface area contributed by atoms with Crippen LogP contribution in [0.15, 0.2) is 54.3 Å². The number of carbonyl (C=O) groups is 1. The smallest absolute Gasteiger partial charge is 0.230 e. The summed E-state index contributed by atoms with van der Waals surface area (Å²) < 4.78 is 11.0. The molecule has 0 aliphatic heterocycles. The van der Waals surface area contributed by atoms with Gasteiger partial charge in [-0.05, 0) is 42.3 Å². The molecule has 0 saturated heterocycles. The van der Waals surface area contributed by atoms with Gasteiger partial charge in [0.25, 0.3) is 0 Å². The molecule has 0 atom stereocenters. The first-order valence-corrected chi connectivity index (χ1v) is 6.08. The molecule has 0 N–H and O–H groups in total. The molecule has 0 unspecified atom stereocenters. The topological polar surface area (TPSA) is 35.5 Å². The van der Waals surface area contributed by atoms with E-state index in [1.54, 1.807) is 12.2 Å². The van der Waals surface area contributed by atoms with Crippen molar-refractivity contribution in [2.75, 3.05) is 6.79 Å². The molecule has 0 fully saturated rings. The zero-order valence-corrected chi connectivity index (χ0v) is 10.9. The van der Waals surface area contributed by atoms with Crippen LogP contribution in [0.4, 0.5) is 0 Å². The Hall–Kier alpha value is -2.29. The SMILES string of the molecule is C=Cc1ccc(OCOC2=C(C)CC(=O)C=C2)cc1. The molecule has 0 aromatic heterocycles. The van der Waals surface area contributed by atoms with Crippen molar-refractivity contribution in [1.82, 2.24) is 0 Å². The summed E-state index contributed by atoms with van der Waals surface area (Å²) in [5, 5.41) is 0. The first-order valence-electron chi connectivity index (χ1n) is 6.08. The average molecular weight is 256 g/mol. The third-order valence-electron chi connectivity index (χ3n) is 2.84. The normalized spacial score (nSPS) is 14.5. The van der Waals surface area contributed by atoms with Gasteiger partial charge in [0.1, 0.15) is 11.5 Å². The van der Waals surface area contributed by atoms with E-state index >= 15 is 0 Å². The summed E-state index contributed by atoms with van der Waals surface area (Å²) in [6.07, 6.45) is 5.41. The van der Waals surface area contributed by atoms with Gasteiger partial charge in [-0.2, -0.15) is 0 Å². The second kappa shape index (κ2) is 6.05. The molecule has 1 aromatic rings. The zero-order chi connectivity index (χ0) is 13.7. The second-order valence-electron chi connectivity index (χ2n) is 4.30. The van der Waals surface area contributed by atoms with Gasteiger partial charge in [-0.1, -0.05) is 24.8 Å². The van der Waals surface area contributed by atoms with E-state index in [1.807, 2.05) is 31.2 Å². The van der Waals surface area contributed by atoms with Crippen LogP contribution in [0.2, 0.25) is 0 Å². The highest BCUT2D eigenvalue weighted by atomic mass is 16.7. The molecule has 0 spiro atoms. The van der Waals surface area contributed by atoms with Crippen molar-refractivity contribution in [3.05, 3.63) is 59.9 Å². The first kappa shape index (κ1) is 13.1. The minimum Gasteiger partial charge on any atom is -0.458 e. The molecule has 2 rings (SSSR count). The highest BCUT2D eigenvalue weighted by Crippen LogP contribution is 2.18. The summed E-state index contributed by atoms with van der Waals surface area (Å²) in [7, 11) is 0. The van der Waals surface area contributed by atoms with Gasteiger partial charge in [0.05, 0.1) is 0 Å². The summed E-state index contributed by atoms with van der Waals surface area (Å²) >= 11 is 0. The lowest BCUT2D eigenvalue weighted by molar-refractivity contribution is -0.114. The van der Waals surface area contributed by atoms with E-state index in [2.05, 4.69) is 6.58 Å². The van der Waals surface area contributed by atoms with E-state index in [0.29, 0.717) is 12.2 Å². The van der Waals surface area contributed by atoms with Crippen molar-refractivity contribution < 1.29 is 14.3 Å². The van der Waals surface area contributed by atoms with Crippen molar-refractivity contribution in [2.45, 2.75) is 13.3 Å². The molecule has 0 bridgehead atoms. The fraction of sp³-hybridized carbons (Fsp3) is 0.188. The van der Waals surface area contributed by atoms with Crippen molar-refractivity contribution in [2.24, 2.45) is 0 Å². The van der Waals surface area contributed by atoms with Crippen molar-refractivity contribution >= 4 is 11.9 Å². The van der Waals surface area contributed by atoms with E-state index in [4.69, 9.17) is 9.47 Å². The van der Waals surface area contributed by atoms with Gasteiger partial charge in [0.15, 0.2) is 5.78 Å². The quantitative estimate of drug-likeness (QED) is 0.756. The van der Waals surface area contributed by atoms with Crippen LogP contribution in [0.1, 0.15) is 18.9 Å². The van der Waals surface area contributed by atoms with Crippen molar-refractivity contribution in [3.63, 3.8) is 0 Å². The maximum Gasteiger partial charge on any atom is 0.230 e. The summed E-state index contributed by atoms with van der Waals surface area (Å²) in [4.78, 5) is 11.2. The van der Waals surface area contributed by atoms with Crippen LogP contribution < -0.4 is 4.74 Å². The molecule has 3 nitrogen and oxygen atoms in total. The molecule has 0 heterocycles. The largest absolute Gasteiger partial charge is 0.458 e. The standard InChI is InChI=1S/C16H16O3/c1-3-13-4-7-15(8-5-13)18-11-19-16-9-6-14(17)10-12(16)2/h3-9H,1,10-11H2,2H3. The number of carbonyl (C=O) groups excluding carboxylic acids is 1. The van der Waals surface area contributed by atoms with Crippen LogP contribution in [0.25, 0.3) is 6.08 Å². The molecule has 1 aromatic carbocycles. The van der Waals surface area contributed by atoms with Gasteiger partial charge in [0, 0.05) is 6.42 Å². The second-order valence-corrected chi connectivity index (χ2v) is 4.30. The average Bonchev–Trinajstić information content (AvgIpc) is 2.42. The lowest BCUT2D eigenvalue weighted by Crippen LogP contribution is -2.08. The highest BCUT2D eigenvalue weighted by Gasteiger charge is 2.10. The Labute approximate surface area is 112 Å². The third kappa shape index (κ3) is 3.58. The van der Waals surface area contributed by atoms with E-state index in [-0.39, 0.29) is 12.6 Å². The minimum atomic E-state index is 0.103. The van der Waals surface area contributed by atoms with Crippen LogP contribution >= 0.6 is 0 Å². The molecular formula is C16H16O3. The molecule has 98 valence electrons. The minimum absolute atomic E-state index is 0.103. The Morgan fingerprint density at radius 2 is 1.95 bits per heavy atom. The van der Waals surface area contributed by atoms with Crippen molar-refractivity contribution in [3.8, 4) is 5.75 Å². The summed E-state index contributed by atoms with van der Waals surface area (Å²) in [6.45, 7) is 5.70. The van der Waals surface area contributed by atoms with Crippen LogP contribution in [0.5, 0.6) is 5.75 Å². The van der Waals surface area contributed by atoms with Gasteiger partial charge in [-0.25, -0.2) is 0 Å². The lowest BCUT2D eigenvalue weighted by atomic mass is 10.0. The summed E-state index contributed by atoms with van der Waals surface area (Å²) in [5.74, 6) is 1.55. The number of rotatable bonds is 5. The predicted molar refractivity (Wildman–Crippen MR) is 74.6 cm³/mol. The Balaban J connectivity index is 1.86. The monoisotopic (exact) mass is 256 g/mol. The number of allylic oxidation sites excluding steroid dienone is 3. The van der Waals surface area contributed by atoms with E-state index in [0.717, 1.165) is 16.9 Å². The van der Waals surface area contributed by atoms with Crippen LogP contribution in [-0.2, 0) is 9.53 Å². The Kier molecular flexibility index (Phi) is 4.18. The zero-order valence-electron chi connectivity index (χ0n) is 10.9. The van der Waals surface area contributed by atoms with E-state index < -0.39 is 0 Å². The Morgan fingerprint density at radius 1 is 1.21 bits per heavy atom. The maximum atomic E-state index is 11.2. The number of hydrogen-bond acceptors (Lipinski definition) is 3. The van der Waals surface area contributed by atoms with Crippen LogP contribution in [0.3, 0.4) is 0 Å². The highest BCUT2D eigenvalue weighted by molar-refractivity contribution is 5.93. The first-order chi connectivity index (χ1) is 9.19. The van der Waals surface area contributed by atoms with Gasteiger partial charge in [-0.3, -0.25) is 4.79 Å². The van der Waals surface area contributed by atoms with E-state index in [1.165, 1.54) is 6.08 Å². The molecular weight excluding hydrogens is 240 g/mol. The van der Waals surface area contributed by atoms with Crippen molar-refractivity contribution in [1.29, 1.82) is 0 Å². The maximum absolute atomic E-state index is 11.2. The molecule has 0 radical (unpaired) electrons. The molecule has 0 saturated carbocycles. The predicted octanol–water partition coefficient (Wildman–Crippen LogP) is 3.49. The number of hydrogen-bond donors (Lipinski definition) is 0. The van der Waals surface area contributed by atoms with E-state index in [9.17, 15) is 4.79 Å². The number of ketones is 1. The van der Waals surface area contributed by atoms with Gasteiger partial charge >= 0.3 is 0 Å². The fourth-order valence-corrected chi connectivity index (χ4v) is 1.75. The summed E-state index contributed by atoms with van der Waals surface area (Å²) in [5.41, 5.74) is 1.97. The Morgan fingerprint density at radius 3 is 2.58 bits per heavy atom. The van der Waals surface area contributed by atoms with Gasteiger partial charge in [-0.15, -0.1) is 0 Å². The lowest BCUT2D eigenvalue weighted by Gasteiger charge is -2.14. The number of ether oxygens (including phenoxy) is 2. The molecule has 19 heavy (non-hydrogen) atoms.